The molecule has 0 radical (unpaired) electrons. The first-order valence-corrected chi connectivity index (χ1v) is 8.51. The van der Waals surface area contributed by atoms with Crippen LogP contribution in [0.15, 0.2) is 35.0 Å². The van der Waals surface area contributed by atoms with E-state index in [4.69, 9.17) is 0 Å². The maximum Gasteiger partial charge on any atom is 0.170 e. The molecule has 4 aromatic rings. The molecule has 0 saturated heterocycles. The van der Waals surface area contributed by atoms with E-state index in [2.05, 4.69) is 9.59 Å². The van der Waals surface area contributed by atoms with Crippen molar-refractivity contribution in [3.8, 4) is 20.9 Å². The molecule has 0 atom stereocenters. The molecule has 0 bridgehead atoms. The van der Waals surface area contributed by atoms with Crippen molar-refractivity contribution in [1.29, 1.82) is 0 Å². The van der Waals surface area contributed by atoms with E-state index < -0.39 is 11.6 Å². The third kappa shape index (κ3) is 1.92. The number of rotatable bonds is 2. The second kappa shape index (κ2) is 4.94. The standard InChI is InChI=1S/C14H6F2N2S3/c15-11-9(7-3-1-5-19-7)13-14(21-18-17-13)10(12(11)16)8-4-2-6-20-8/h1-6H. The molecule has 7 heteroatoms. The predicted octanol–water partition coefficient (Wildman–Crippen LogP) is 5.43. The van der Waals surface area contributed by atoms with Crippen LogP contribution in [0.1, 0.15) is 0 Å². The molecule has 0 N–H and O–H groups in total. The van der Waals surface area contributed by atoms with Crippen LogP contribution in [0.5, 0.6) is 0 Å². The van der Waals surface area contributed by atoms with Gasteiger partial charge in [0.25, 0.3) is 0 Å². The van der Waals surface area contributed by atoms with Crippen LogP contribution in [0, 0.1) is 11.6 Å². The van der Waals surface area contributed by atoms with Gasteiger partial charge >= 0.3 is 0 Å². The molecule has 3 heterocycles. The van der Waals surface area contributed by atoms with Gasteiger partial charge in [-0.25, -0.2) is 8.78 Å². The number of thiophene rings is 2. The Morgan fingerprint density at radius 1 is 0.857 bits per heavy atom. The molecule has 21 heavy (non-hydrogen) atoms. The van der Waals surface area contributed by atoms with Crippen LogP contribution in [0.3, 0.4) is 0 Å². The lowest BCUT2D eigenvalue weighted by Crippen LogP contribution is -1.94. The Morgan fingerprint density at radius 3 is 2.10 bits per heavy atom. The molecule has 0 aliphatic rings. The highest BCUT2D eigenvalue weighted by molar-refractivity contribution is 7.16. The van der Waals surface area contributed by atoms with Gasteiger partial charge in [0, 0.05) is 9.75 Å². The zero-order chi connectivity index (χ0) is 14.4. The molecule has 3 aromatic heterocycles. The first-order valence-electron chi connectivity index (χ1n) is 5.98. The maximum absolute atomic E-state index is 14.6. The summed E-state index contributed by atoms with van der Waals surface area (Å²) in [6.07, 6.45) is 0. The van der Waals surface area contributed by atoms with Crippen LogP contribution < -0.4 is 0 Å². The quantitative estimate of drug-likeness (QED) is 0.488. The highest BCUT2D eigenvalue weighted by Crippen LogP contribution is 2.43. The Bertz CT molecular complexity index is 837. The van der Waals surface area contributed by atoms with Gasteiger partial charge in [-0.3, -0.25) is 0 Å². The molecule has 104 valence electrons. The smallest absolute Gasteiger partial charge is 0.170 e. The van der Waals surface area contributed by atoms with E-state index in [0.717, 1.165) is 11.5 Å². The largest absolute Gasteiger partial charge is 0.203 e. The molecule has 0 fully saturated rings. The van der Waals surface area contributed by atoms with Crippen molar-refractivity contribution in [2.75, 3.05) is 0 Å². The van der Waals surface area contributed by atoms with E-state index in [9.17, 15) is 8.78 Å². The SMILES string of the molecule is Fc1c(F)c(-c2cccs2)c2snnc2c1-c1cccs1. The first-order chi connectivity index (χ1) is 10.3. The lowest BCUT2D eigenvalue weighted by molar-refractivity contribution is 0.516. The minimum atomic E-state index is -0.860. The molecular weight excluding hydrogens is 330 g/mol. The van der Waals surface area contributed by atoms with Gasteiger partial charge in [0.2, 0.25) is 0 Å². The Hall–Kier alpha value is -1.70. The van der Waals surface area contributed by atoms with Crippen molar-refractivity contribution in [1.82, 2.24) is 9.59 Å². The average molecular weight is 336 g/mol. The fraction of sp³-hybridized carbons (Fsp3) is 0. The van der Waals surface area contributed by atoms with Crippen molar-refractivity contribution in [3.05, 3.63) is 46.7 Å². The second-order valence-electron chi connectivity index (χ2n) is 4.28. The minimum Gasteiger partial charge on any atom is -0.203 e. The summed E-state index contributed by atoms with van der Waals surface area (Å²) in [4.78, 5) is 1.34. The Labute approximate surface area is 130 Å². The maximum atomic E-state index is 14.6. The molecule has 0 amide bonds. The van der Waals surface area contributed by atoms with Crippen molar-refractivity contribution in [2.45, 2.75) is 0 Å². The fourth-order valence-electron chi connectivity index (χ4n) is 2.23. The van der Waals surface area contributed by atoms with E-state index in [0.29, 0.717) is 20.0 Å². The fourth-order valence-corrected chi connectivity index (χ4v) is 4.55. The van der Waals surface area contributed by atoms with Crippen LogP contribution >= 0.6 is 34.2 Å². The normalized spacial score (nSPS) is 11.3. The first kappa shape index (κ1) is 13.0. The molecule has 2 nitrogen and oxygen atoms in total. The van der Waals surface area contributed by atoms with E-state index in [1.165, 1.54) is 22.7 Å². The Kier molecular flexibility index (Phi) is 3.06. The number of aromatic nitrogens is 2. The summed E-state index contributed by atoms with van der Waals surface area (Å²) in [5, 5.41) is 7.68. The third-order valence-electron chi connectivity index (χ3n) is 3.12. The topological polar surface area (TPSA) is 25.8 Å². The van der Waals surface area contributed by atoms with Crippen LogP contribution in [-0.2, 0) is 0 Å². The molecule has 0 aliphatic heterocycles. The van der Waals surface area contributed by atoms with Crippen molar-refractivity contribution < 1.29 is 8.78 Å². The summed E-state index contributed by atoms with van der Waals surface area (Å²) in [5.74, 6) is -1.69. The summed E-state index contributed by atoms with van der Waals surface area (Å²) in [6.45, 7) is 0. The Balaban J connectivity index is 2.14. The molecule has 4 rings (SSSR count). The molecule has 1 aromatic carbocycles. The highest BCUT2D eigenvalue weighted by atomic mass is 32.1. The number of benzene rings is 1. The van der Waals surface area contributed by atoms with E-state index in [1.807, 2.05) is 16.8 Å². The summed E-state index contributed by atoms with van der Waals surface area (Å²) >= 11 is 3.81. The summed E-state index contributed by atoms with van der Waals surface area (Å²) in [5.41, 5.74) is 0.879. The average Bonchev–Trinajstić information content (AvgIpc) is 3.21. The Morgan fingerprint density at radius 2 is 1.48 bits per heavy atom. The summed E-state index contributed by atoms with van der Waals surface area (Å²) in [7, 11) is 0. The van der Waals surface area contributed by atoms with Gasteiger partial charge in [0.15, 0.2) is 11.6 Å². The van der Waals surface area contributed by atoms with Crippen molar-refractivity contribution in [2.24, 2.45) is 0 Å². The van der Waals surface area contributed by atoms with Crippen LogP contribution in [0.2, 0.25) is 0 Å². The van der Waals surface area contributed by atoms with Crippen molar-refractivity contribution >= 4 is 44.4 Å². The van der Waals surface area contributed by atoms with Gasteiger partial charge in [-0.2, -0.15) is 0 Å². The van der Waals surface area contributed by atoms with Gasteiger partial charge in [0.05, 0.1) is 15.8 Å². The van der Waals surface area contributed by atoms with Gasteiger partial charge in [-0.05, 0) is 34.4 Å². The monoisotopic (exact) mass is 336 g/mol. The molecule has 0 saturated carbocycles. The number of halogens is 2. The number of hydrogen-bond acceptors (Lipinski definition) is 5. The number of nitrogens with zero attached hydrogens (tertiary/aromatic N) is 2. The van der Waals surface area contributed by atoms with E-state index in [-0.39, 0.29) is 11.1 Å². The van der Waals surface area contributed by atoms with E-state index >= 15 is 0 Å². The number of hydrogen-bond donors (Lipinski definition) is 0. The van der Waals surface area contributed by atoms with Crippen molar-refractivity contribution in [3.63, 3.8) is 0 Å². The predicted molar refractivity (Wildman–Crippen MR) is 84.0 cm³/mol. The van der Waals surface area contributed by atoms with Gasteiger partial charge in [0.1, 0.15) is 5.52 Å². The molecule has 0 unspecified atom stereocenters. The van der Waals surface area contributed by atoms with Gasteiger partial charge in [-0.15, -0.1) is 27.8 Å². The van der Waals surface area contributed by atoms with Crippen LogP contribution in [-0.4, -0.2) is 9.59 Å². The van der Waals surface area contributed by atoms with Gasteiger partial charge < -0.3 is 0 Å². The molecular formula is C14H6F2N2S3. The zero-order valence-corrected chi connectivity index (χ0v) is 12.8. The summed E-state index contributed by atoms with van der Waals surface area (Å²) < 4.78 is 33.7. The lowest BCUT2D eigenvalue weighted by atomic mass is 10.1. The lowest BCUT2D eigenvalue weighted by Gasteiger charge is -2.07. The second-order valence-corrected chi connectivity index (χ2v) is 6.93. The highest BCUT2D eigenvalue weighted by Gasteiger charge is 2.25. The third-order valence-corrected chi connectivity index (χ3v) is 5.64. The van der Waals surface area contributed by atoms with Gasteiger partial charge in [-0.1, -0.05) is 16.6 Å². The number of fused-ring (bicyclic) bond motifs is 1. The minimum absolute atomic E-state index is 0.201. The van der Waals surface area contributed by atoms with Crippen LogP contribution in [0.4, 0.5) is 8.78 Å². The molecule has 0 spiro atoms. The summed E-state index contributed by atoms with van der Waals surface area (Å²) in [6, 6.07) is 7.14. The van der Waals surface area contributed by atoms with E-state index in [1.54, 1.807) is 18.2 Å². The van der Waals surface area contributed by atoms with Crippen LogP contribution in [0.25, 0.3) is 31.1 Å². The molecule has 0 aliphatic carbocycles. The zero-order valence-electron chi connectivity index (χ0n) is 10.3.